The molecule has 0 atom stereocenters. The topological polar surface area (TPSA) is 92.4 Å². The molecule has 0 bridgehead atoms. The van der Waals surface area contributed by atoms with Gasteiger partial charge < -0.3 is 4.74 Å². The van der Waals surface area contributed by atoms with Crippen molar-refractivity contribution in [2.24, 2.45) is 5.92 Å². The van der Waals surface area contributed by atoms with Crippen LogP contribution < -0.4 is 0 Å². The van der Waals surface area contributed by atoms with Crippen molar-refractivity contribution in [3.8, 4) is 0 Å². The highest BCUT2D eigenvalue weighted by atomic mass is 32.2. The SMILES string of the molecule is CCOC(=O)CN(CC(C)C)S(=O)(=O)c1c(C)n[nH]c1C. The second-order valence-electron chi connectivity index (χ2n) is 5.26. The number of H-pyrrole nitrogens is 1. The predicted molar refractivity (Wildman–Crippen MR) is 78.3 cm³/mol. The van der Waals surface area contributed by atoms with Gasteiger partial charge in [-0.3, -0.25) is 9.89 Å². The number of carbonyl (C=O) groups excluding carboxylic acids is 1. The third-order valence-electron chi connectivity index (χ3n) is 2.84. The van der Waals surface area contributed by atoms with Gasteiger partial charge in [0.1, 0.15) is 11.4 Å². The number of aromatic nitrogens is 2. The molecule has 0 saturated carbocycles. The summed E-state index contributed by atoms with van der Waals surface area (Å²) in [6, 6.07) is 0. The molecule has 0 amide bonds. The molecule has 0 unspecified atom stereocenters. The number of sulfonamides is 1. The van der Waals surface area contributed by atoms with Gasteiger partial charge in [-0.1, -0.05) is 13.8 Å². The highest BCUT2D eigenvalue weighted by Gasteiger charge is 2.31. The van der Waals surface area contributed by atoms with Gasteiger partial charge in [-0.05, 0) is 26.7 Å². The third-order valence-corrected chi connectivity index (χ3v) is 4.91. The van der Waals surface area contributed by atoms with E-state index in [-0.39, 0.29) is 30.5 Å². The summed E-state index contributed by atoms with van der Waals surface area (Å²) in [6.07, 6.45) is 0. The summed E-state index contributed by atoms with van der Waals surface area (Å²) in [7, 11) is -3.79. The Morgan fingerprint density at radius 2 is 2.00 bits per heavy atom. The van der Waals surface area contributed by atoms with E-state index in [0.717, 1.165) is 4.31 Å². The molecule has 0 aliphatic carbocycles. The number of aryl methyl sites for hydroxylation is 2. The molecule has 0 aliphatic heterocycles. The minimum absolute atomic E-state index is 0.0849. The number of rotatable bonds is 7. The van der Waals surface area contributed by atoms with Crippen LogP contribution in [0.4, 0.5) is 0 Å². The second-order valence-corrected chi connectivity index (χ2v) is 7.13. The summed E-state index contributed by atoms with van der Waals surface area (Å²) < 4.78 is 31.5. The van der Waals surface area contributed by atoms with E-state index < -0.39 is 16.0 Å². The van der Waals surface area contributed by atoms with Crippen molar-refractivity contribution in [2.75, 3.05) is 19.7 Å². The molecule has 7 nitrogen and oxygen atoms in total. The van der Waals surface area contributed by atoms with E-state index in [1.807, 2.05) is 13.8 Å². The Morgan fingerprint density at radius 3 is 2.43 bits per heavy atom. The Hall–Kier alpha value is -1.41. The number of esters is 1. The summed E-state index contributed by atoms with van der Waals surface area (Å²) in [6.45, 7) is 8.90. The first-order valence-electron chi connectivity index (χ1n) is 6.87. The van der Waals surface area contributed by atoms with Crippen LogP contribution in [0.1, 0.15) is 32.2 Å². The van der Waals surface area contributed by atoms with Gasteiger partial charge in [-0.25, -0.2) is 8.42 Å². The van der Waals surface area contributed by atoms with Gasteiger partial charge in [0.25, 0.3) is 0 Å². The van der Waals surface area contributed by atoms with E-state index in [0.29, 0.717) is 11.4 Å². The molecule has 8 heteroatoms. The number of ether oxygens (including phenoxy) is 1. The zero-order valence-corrected chi connectivity index (χ0v) is 14.0. The molecule has 1 rings (SSSR count). The van der Waals surface area contributed by atoms with Crippen molar-refractivity contribution in [2.45, 2.75) is 39.5 Å². The lowest BCUT2D eigenvalue weighted by Crippen LogP contribution is -2.39. The standard InChI is InChI=1S/C13H23N3O4S/c1-6-20-12(17)8-16(7-9(2)3)21(18,19)13-10(4)14-15-11(13)5/h9H,6-8H2,1-5H3,(H,14,15). The van der Waals surface area contributed by atoms with Gasteiger partial charge in [-0.15, -0.1) is 0 Å². The molecule has 120 valence electrons. The highest BCUT2D eigenvalue weighted by Crippen LogP contribution is 2.22. The normalized spacial score (nSPS) is 12.1. The van der Waals surface area contributed by atoms with Crippen molar-refractivity contribution in [1.82, 2.24) is 14.5 Å². The largest absolute Gasteiger partial charge is 0.465 e. The maximum Gasteiger partial charge on any atom is 0.321 e. The maximum atomic E-state index is 12.8. The smallest absolute Gasteiger partial charge is 0.321 e. The molecular formula is C13H23N3O4S. The van der Waals surface area contributed by atoms with E-state index in [1.165, 1.54) is 0 Å². The minimum Gasteiger partial charge on any atom is -0.465 e. The van der Waals surface area contributed by atoms with Crippen LogP contribution in [0.5, 0.6) is 0 Å². The average molecular weight is 317 g/mol. The molecule has 0 fully saturated rings. The number of nitrogens with zero attached hydrogens (tertiary/aromatic N) is 2. The average Bonchev–Trinajstić information content (AvgIpc) is 2.68. The Balaban J connectivity index is 3.15. The summed E-state index contributed by atoms with van der Waals surface area (Å²) in [5, 5.41) is 6.57. The fourth-order valence-corrected chi connectivity index (χ4v) is 3.93. The Labute approximate surface area is 125 Å². The van der Waals surface area contributed by atoms with Gasteiger partial charge in [0.15, 0.2) is 0 Å². The monoisotopic (exact) mass is 317 g/mol. The lowest BCUT2D eigenvalue weighted by molar-refractivity contribution is -0.143. The molecule has 1 aromatic heterocycles. The Kier molecular flexibility index (Phi) is 5.91. The van der Waals surface area contributed by atoms with Crippen LogP contribution in [0.25, 0.3) is 0 Å². The van der Waals surface area contributed by atoms with Crippen LogP contribution >= 0.6 is 0 Å². The first-order valence-corrected chi connectivity index (χ1v) is 8.31. The molecule has 0 saturated heterocycles. The molecule has 0 aliphatic rings. The summed E-state index contributed by atoms with van der Waals surface area (Å²) >= 11 is 0. The van der Waals surface area contributed by atoms with Crippen LogP contribution in [0, 0.1) is 19.8 Å². The van der Waals surface area contributed by atoms with Crippen LogP contribution in [-0.4, -0.2) is 48.6 Å². The van der Waals surface area contributed by atoms with E-state index in [9.17, 15) is 13.2 Å². The molecule has 21 heavy (non-hydrogen) atoms. The van der Waals surface area contributed by atoms with Gasteiger partial charge in [-0.2, -0.15) is 9.40 Å². The molecular weight excluding hydrogens is 294 g/mol. The first kappa shape index (κ1) is 17.6. The number of aromatic amines is 1. The van der Waals surface area contributed by atoms with Crippen LogP contribution in [0.15, 0.2) is 4.90 Å². The lowest BCUT2D eigenvalue weighted by Gasteiger charge is -2.23. The van der Waals surface area contributed by atoms with Gasteiger partial charge >= 0.3 is 5.97 Å². The fourth-order valence-electron chi connectivity index (χ4n) is 2.06. The van der Waals surface area contributed by atoms with Crippen molar-refractivity contribution in [1.29, 1.82) is 0 Å². The van der Waals surface area contributed by atoms with Crippen molar-refractivity contribution < 1.29 is 17.9 Å². The fraction of sp³-hybridized carbons (Fsp3) is 0.692. The van der Waals surface area contributed by atoms with Crippen LogP contribution in [0.2, 0.25) is 0 Å². The lowest BCUT2D eigenvalue weighted by atomic mass is 10.2. The van der Waals surface area contributed by atoms with E-state index in [2.05, 4.69) is 10.2 Å². The first-order chi connectivity index (χ1) is 9.70. The molecule has 1 aromatic rings. The Morgan fingerprint density at radius 1 is 1.38 bits per heavy atom. The van der Waals surface area contributed by atoms with Gasteiger partial charge in [0.2, 0.25) is 10.0 Å². The molecule has 1 N–H and O–H groups in total. The van der Waals surface area contributed by atoms with E-state index in [1.54, 1.807) is 20.8 Å². The second kappa shape index (κ2) is 7.04. The molecule has 1 heterocycles. The number of nitrogens with one attached hydrogen (secondary N) is 1. The van der Waals surface area contributed by atoms with Crippen molar-refractivity contribution in [3.63, 3.8) is 0 Å². The van der Waals surface area contributed by atoms with E-state index in [4.69, 9.17) is 4.74 Å². The minimum atomic E-state index is -3.79. The molecule has 0 radical (unpaired) electrons. The van der Waals surface area contributed by atoms with Crippen molar-refractivity contribution >= 4 is 16.0 Å². The van der Waals surface area contributed by atoms with Crippen LogP contribution in [-0.2, 0) is 19.6 Å². The Bertz CT molecular complexity index is 573. The quantitative estimate of drug-likeness (QED) is 0.764. The number of carbonyl (C=O) groups is 1. The van der Waals surface area contributed by atoms with Crippen molar-refractivity contribution in [3.05, 3.63) is 11.4 Å². The summed E-state index contributed by atoms with van der Waals surface area (Å²) in [4.78, 5) is 11.8. The third kappa shape index (κ3) is 4.28. The molecule has 0 spiro atoms. The predicted octanol–water partition coefficient (Wildman–Crippen LogP) is 1.24. The summed E-state index contributed by atoms with van der Waals surface area (Å²) in [5.41, 5.74) is 0.857. The van der Waals surface area contributed by atoms with Gasteiger partial charge in [0, 0.05) is 6.54 Å². The summed E-state index contributed by atoms with van der Waals surface area (Å²) in [5.74, 6) is -0.470. The highest BCUT2D eigenvalue weighted by molar-refractivity contribution is 7.89. The maximum absolute atomic E-state index is 12.8. The van der Waals surface area contributed by atoms with E-state index >= 15 is 0 Å². The zero-order valence-electron chi connectivity index (χ0n) is 13.1. The zero-order chi connectivity index (χ0) is 16.2. The molecule has 0 aromatic carbocycles. The van der Waals surface area contributed by atoms with Crippen LogP contribution in [0.3, 0.4) is 0 Å². The van der Waals surface area contributed by atoms with Gasteiger partial charge in [0.05, 0.1) is 18.0 Å². The number of hydrogen-bond donors (Lipinski definition) is 1. The number of hydrogen-bond acceptors (Lipinski definition) is 5.